The van der Waals surface area contributed by atoms with E-state index in [0.29, 0.717) is 11.3 Å². The predicted molar refractivity (Wildman–Crippen MR) is 79.5 cm³/mol. The summed E-state index contributed by atoms with van der Waals surface area (Å²) < 4.78 is 26.1. The SMILES string of the molecule is CN(C)c1ccc(C(=O)Nc2cc(F)cc(F)c2)cc1N. The summed E-state index contributed by atoms with van der Waals surface area (Å²) in [4.78, 5) is 13.9. The maximum Gasteiger partial charge on any atom is 0.255 e. The number of amides is 1. The monoisotopic (exact) mass is 291 g/mol. The third kappa shape index (κ3) is 3.47. The summed E-state index contributed by atoms with van der Waals surface area (Å²) in [5.41, 5.74) is 7.44. The first-order valence-corrected chi connectivity index (χ1v) is 6.21. The maximum atomic E-state index is 13.1. The number of carbonyl (C=O) groups is 1. The molecule has 2 aromatic rings. The first-order valence-electron chi connectivity index (χ1n) is 6.21. The van der Waals surface area contributed by atoms with Gasteiger partial charge in [-0.1, -0.05) is 0 Å². The summed E-state index contributed by atoms with van der Waals surface area (Å²) in [6.07, 6.45) is 0. The van der Waals surface area contributed by atoms with Crippen molar-refractivity contribution in [2.75, 3.05) is 30.0 Å². The van der Waals surface area contributed by atoms with Gasteiger partial charge in [0.15, 0.2) is 0 Å². The second-order valence-electron chi connectivity index (χ2n) is 4.78. The lowest BCUT2D eigenvalue weighted by atomic mass is 10.1. The smallest absolute Gasteiger partial charge is 0.255 e. The van der Waals surface area contributed by atoms with Crippen molar-refractivity contribution in [1.82, 2.24) is 0 Å². The number of nitrogens with one attached hydrogen (secondary N) is 1. The quantitative estimate of drug-likeness (QED) is 0.855. The molecule has 0 aromatic heterocycles. The third-order valence-corrected chi connectivity index (χ3v) is 2.89. The summed E-state index contributed by atoms with van der Waals surface area (Å²) in [6, 6.07) is 7.63. The van der Waals surface area contributed by atoms with Crippen molar-refractivity contribution >= 4 is 23.0 Å². The van der Waals surface area contributed by atoms with Crippen LogP contribution in [0.5, 0.6) is 0 Å². The van der Waals surface area contributed by atoms with Gasteiger partial charge in [0.05, 0.1) is 11.4 Å². The topological polar surface area (TPSA) is 58.4 Å². The summed E-state index contributed by atoms with van der Waals surface area (Å²) in [5.74, 6) is -2.00. The Morgan fingerprint density at radius 1 is 1.10 bits per heavy atom. The zero-order valence-corrected chi connectivity index (χ0v) is 11.7. The highest BCUT2D eigenvalue weighted by molar-refractivity contribution is 6.05. The first kappa shape index (κ1) is 14.8. The van der Waals surface area contributed by atoms with Gasteiger partial charge in [0.25, 0.3) is 5.91 Å². The molecule has 4 nitrogen and oxygen atoms in total. The Balaban J connectivity index is 2.22. The van der Waals surface area contributed by atoms with Crippen LogP contribution >= 0.6 is 0 Å². The number of carbonyl (C=O) groups excluding carboxylic acids is 1. The lowest BCUT2D eigenvalue weighted by molar-refractivity contribution is 0.102. The van der Waals surface area contributed by atoms with Gasteiger partial charge >= 0.3 is 0 Å². The molecule has 0 aliphatic rings. The average Bonchev–Trinajstić information content (AvgIpc) is 2.36. The van der Waals surface area contributed by atoms with Crippen LogP contribution in [0.4, 0.5) is 25.8 Å². The Bertz CT molecular complexity index is 666. The van der Waals surface area contributed by atoms with Crippen LogP contribution in [0.2, 0.25) is 0 Å². The van der Waals surface area contributed by atoms with Gasteiger partial charge < -0.3 is 16.0 Å². The summed E-state index contributed by atoms with van der Waals surface area (Å²) in [7, 11) is 3.67. The second-order valence-corrected chi connectivity index (χ2v) is 4.78. The van der Waals surface area contributed by atoms with E-state index in [9.17, 15) is 13.6 Å². The van der Waals surface area contributed by atoms with E-state index in [1.54, 1.807) is 12.1 Å². The minimum absolute atomic E-state index is 0.0488. The Labute approximate surface area is 121 Å². The van der Waals surface area contributed by atoms with Crippen molar-refractivity contribution in [2.45, 2.75) is 0 Å². The van der Waals surface area contributed by atoms with Gasteiger partial charge in [0, 0.05) is 31.4 Å². The number of nitrogens with two attached hydrogens (primary N) is 1. The highest BCUT2D eigenvalue weighted by atomic mass is 19.1. The van der Waals surface area contributed by atoms with Gasteiger partial charge in [-0.3, -0.25) is 4.79 Å². The number of rotatable bonds is 3. The summed E-state index contributed by atoms with van der Waals surface area (Å²) >= 11 is 0. The Kier molecular flexibility index (Phi) is 4.07. The van der Waals surface area contributed by atoms with Crippen LogP contribution in [0.1, 0.15) is 10.4 Å². The van der Waals surface area contributed by atoms with Crippen LogP contribution in [-0.4, -0.2) is 20.0 Å². The van der Waals surface area contributed by atoms with Crippen molar-refractivity contribution in [1.29, 1.82) is 0 Å². The molecule has 2 rings (SSSR count). The van der Waals surface area contributed by atoms with Crippen molar-refractivity contribution in [3.63, 3.8) is 0 Å². The normalized spacial score (nSPS) is 10.3. The van der Waals surface area contributed by atoms with E-state index in [1.165, 1.54) is 6.07 Å². The lowest BCUT2D eigenvalue weighted by Gasteiger charge is -2.16. The Hall–Kier alpha value is -2.63. The molecule has 0 aliphatic carbocycles. The van der Waals surface area contributed by atoms with Crippen LogP contribution in [0.3, 0.4) is 0 Å². The number of hydrogen-bond acceptors (Lipinski definition) is 3. The van der Waals surface area contributed by atoms with Crippen molar-refractivity contribution in [3.8, 4) is 0 Å². The minimum atomic E-state index is -0.757. The van der Waals surface area contributed by atoms with Crippen molar-refractivity contribution in [3.05, 3.63) is 53.6 Å². The van der Waals surface area contributed by atoms with Gasteiger partial charge in [-0.15, -0.1) is 0 Å². The van der Waals surface area contributed by atoms with E-state index in [-0.39, 0.29) is 5.69 Å². The molecule has 0 atom stereocenters. The van der Waals surface area contributed by atoms with E-state index < -0.39 is 17.5 Å². The molecule has 0 saturated carbocycles. The van der Waals surface area contributed by atoms with E-state index >= 15 is 0 Å². The Morgan fingerprint density at radius 3 is 2.24 bits per heavy atom. The molecule has 0 aliphatic heterocycles. The third-order valence-electron chi connectivity index (χ3n) is 2.89. The molecule has 0 unspecified atom stereocenters. The fourth-order valence-electron chi connectivity index (χ4n) is 1.93. The number of benzene rings is 2. The van der Waals surface area contributed by atoms with Crippen molar-refractivity contribution in [2.24, 2.45) is 0 Å². The molecule has 0 saturated heterocycles. The number of anilines is 3. The molecule has 0 radical (unpaired) electrons. The standard InChI is InChI=1S/C15H15F2N3O/c1-20(2)14-4-3-9(5-13(14)18)15(21)19-12-7-10(16)6-11(17)8-12/h3-8H,18H2,1-2H3,(H,19,21). The van der Waals surface area contributed by atoms with Crippen molar-refractivity contribution < 1.29 is 13.6 Å². The molecule has 6 heteroatoms. The number of nitrogen functional groups attached to an aromatic ring is 1. The van der Waals surface area contributed by atoms with E-state index in [0.717, 1.165) is 23.9 Å². The van der Waals surface area contributed by atoms with Gasteiger partial charge in [0.2, 0.25) is 0 Å². The number of nitrogens with zero attached hydrogens (tertiary/aromatic N) is 1. The van der Waals surface area contributed by atoms with Crippen LogP contribution < -0.4 is 16.0 Å². The van der Waals surface area contributed by atoms with Crippen LogP contribution in [0.25, 0.3) is 0 Å². The van der Waals surface area contributed by atoms with Gasteiger partial charge in [-0.05, 0) is 30.3 Å². The summed E-state index contributed by atoms with van der Waals surface area (Å²) in [6.45, 7) is 0. The minimum Gasteiger partial charge on any atom is -0.397 e. The fourth-order valence-corrected chi connectivity index (χ4v) is 1.93. The molecular weight excluding hydrogens is 276 g/mol. The molecule has 1 amide bonds. The summed E-state index contributed by atoms with van der Waals surface area (Å²) in [5, 5.41) is 2.43. The fraction of sp³-hybridized carbons (Fsp3) is 0.133. The largest absolute Gasteiger partial charge is 0.397 e. The number of halogens is 2. The molecule has 2 aromatic carbocycles. The molecule has 21 heavy (non-hydrogen) atoms. The lowest BCUT2D eigenvalue weighted by Crippen LogP contribution is -2.15. The highest BCUT2D eigenvalue weighted by Gasteiger charge is 2.10. The van der Waals surface area contributed by atoms with Crippen LogP contribution in [-0.2, 0) is 0 Å². The molecule has 3 N–H and O–H groups in total. The molecular formula is C15H15F2N3O. The maximum absolute atomic E-state index is 13.1. The molecule has 0 bridgehead atoms. The van der Waals surface area contributed by atoms with Gasteiger partial charge in [-0.2, -0.15) is 0 Å². The van der Waals surface area contributed by atoms with Crippen LogP contribution in [0, 0.1) is 11.6 Å². The van der Waals surface area contributed by atoms with E-state index in [2.05, 4.69) is 5.32 Å². The molecule has 110 valence electrons. The number of hydrogen-bond donors (Lipinski definition) is 2. The molecule has 0 spiro atoms. The predicted octanol–water partition coefficient (Wildman–Crippen LogP) is 2.87. The van der Waals surface area contributed by atoms with Gasteiger partial charge in [-0.25, -0.2) is 8.78 Å². The van der Waals surface area contributed by atoms with Crippen LogP contribution in [0.15, 0.2) is 36.4 Å². The average molecular weight is 291 g/mol. The zero-order chi connectivity index (χ0) is 15.6. The Morgan fingerprint density at radius 2 is 1.71 bits per heavy atom. The second kappa shape index (κ2) is 5.78. The van der Waals surface area contributed by atoms with E-state index in [4.69, 9.17) is 5.73 Å². The first-order chi connectivity index (χ1) is 9.86. The van der Waals surface area contributed by atoms with Gasteiger partial charge in [0.1, 0.15) is 11.6 Å². The molecule has 0 fully saturated rings. The van der Waals surface area contributed by atoms with E-state index in [1.807, 2.05) is 19.0 Å². The molecule has 0 heterocycles. The zero-order valence-electron chi connectivity index (χ0n) is 11.7. The highest BCUT2D eigenvalue weighted by Crippen LogP contribution is 2.23.